The van der Waals surface area contributed by atoms with Gasteiger partial charge in [0.05, 0.1) is 0 Å². The molecule has 0 N–H and O–H groups in total. The van der Waals surface area contributed by atoms with Crippen LogP contribution in [0.3, 0.4) is 0 Å². The van der Waals surface area contributed by atoms with E-state index in [-0.39, 0.29) is 34.1 Å². The van der Waals surface area contributed by atoms with Crippen molar-refractivity contribution in [1.82, 2.24) is 0 Å². The van der Waals surface area contributed by atoms with Gasteiger partial charge >= 0.3 is 0 Å². The van der Waals surface area contributed by atoms with E-state index in [4.69, 9.17) is 9.47 Å². The Morgan fingerprint density at radius 3 is 1.16 bits per heavy atom. The van der Waals surface area contributed by atoms with Crippen molar-refractivity contribution < 1.29 is 57.8 Å². The monoisotopic (exact) mass is 890 g/mol. The quantitative estimate of drug-likeness (QED) is 0.0866. The van der Waals surface area contributed by atoms with Crippen LogP contribution in [0.4, 0.5) is 48.3 Å². The summed E-state index contributed by atoms with van der Waals surface area (Å²) in [6, 6.07) is 12.0. The second kappa shape index (κ2) is 21.5. The minimum absolute atomic E-state index is 0.00178. The van der Waals surface area contributed by atoms with Crippen molar-refractivity contribution in [3.63, 3.8) is 0 Å². The minimum Gasteiger partial charge on any atom is -0.483 e. The first-order chi connectivity index (χ1) is 30.1. The molecule has 0 atom stereocenters. The highest BCUT2D eigenvalue weighted by Crippen LogP contribution is 2.41. The summed E-state index contributed by atoms with van der Waals surface area (Å²) in [5.41, 5.74) is 1.35. The fourth-order valence-corrected chi connectivity index (χ4v) is 8.90. The molecular formula is C50H49F11O2. The summed E-state index contributed by atoms with van der Waals surface area (Å²) in [4.78, 5) is 0. The molecule has 2 aliphatic carbocycles. The summed E-state index contributed by atoms with van der Waals surface area (Å²) in [5.74, 6) is -12.9. The molecule has 0 saturated heterocycles. The van der Waals surface area contributed by atoms with Crippen LogP contribution in [0, 0.1) is 75.8 Å². The molecule has 2 saturated carbocycles. The molecule has 338 valence electrons. The molecule has 5 aromatic rings. The summed E-state index contributed by atoms with van der Waals surface area (Å²) in [7, 11) is 0. The lowest BCUT2D eigenvalue weighted by Crippen LogP contribution is -2.14. The van der Waals surface area contributed by atoms with Crippen LogP contribution >= 0.6 is 0 Å². The molecule has 13 heteroatoms. The minimum atomic E-state index is -1.65. The molecule has 2 fully saturated rings. The van der Waals surface area contributed by atoms with Crippen LogP contribution in [0.5, 0.6) is 11.5 Å². The van der Waals surface area contributed by atoms with Crippen LogP contribution in [-0.2, 0) is 13.2 Å². The smallest absolute Gasteiger partial charge is 0.194 e. The van der Waals surface area contributed by atoms with Gasteiger partial charge in [0, 0.05) is 5.56 Å². The third kappa shape index (κ3) is 11.9. The Kier molecular flexibility index (Phi) is 16.2. The first-order valence-corrected chi connectivity index (χ1v) is 21.5. The first kappa shape index (κ1) is 47.4. The molecule has 0 bridgehead atoms. The maximum atomic E-state index is 15.0. The Labute approximate surface area is 360 Å². The second-order valence-corrected chi connectivity index (χ2v) is 16.7. The Bertz CT molecular complexity index is 2260. The average Bonchev–Trinajstić information content (AvgIpc) is 3.25. The van der Waals surface area contributed by atoms with Crippen LogP contribution in [0.25, 0.3) is 11.1 Å². The second-order valence-electron chi connectivity index (χ2n) is 16.7. The fraction of sp³-hybridized carbons (Fsp3) is 0.400. The Hall–Kier alpha value is -5.07. The van der Waals surface area contributed by atoms with Crippen LogP contribution in [-0.4, -0.2) is 0 Å². The van der Waals surface area contributed by atoms with Gasteiger partial charge in [0.2, 0.25) is 0 Å². The van der Waals surface area contributed by atoms with E-state index in [9.17, 15) is 48.3 Å². The van der Waals surface area contributed by atoms with Crippen molar-refractivity contribution in [2.75, 3.05) is 0 Å². The standard InChI is InChI=1S/C28H26F6O.C22H23F5O/c1-2-3-16-4-6-18(7-5-16)19-8-9-21(22(29)12-19)20-13-25(32)28(26(33)14-20)35-15-17-10-23(30)27(34)24(31)11-17;1-2-3-13-4-6-15(7-5-13)16-10-19(25)22(20(26)11-16)28-12-14-8-17(23)21(27)18(24)9-14/h8-14,16,18H,2-7,15H2,1H3;8-11,13,15H,2-7,12H2,1H3. The van der Waals surface area contributed by atoms with Crippen LogP contribution in [0.1, 0.15) is 125 Å². The molecule has 0 spiro atoms. The molecule has 5 aromatic carbocycles. The predicted molar refractivity (Wildman–Crippen MR) is 219 cm³/mol. The Morgan fingerprint density at radius 1 is 0.413 bits per heavy atom. The molecule has 7 rings (SSSR count). The normalized spacial score (nSPS) is 18.7. The lowest BCUT2D eigenvalue weighted by molar-refractivity contribution is 0.270. The summed E-state index contributed by atoms with van der Waals surface area (Å²) < 4.78 is 162. The van der Waals surface area contributed by atoms with Gasteiger partial charge in [-0.25, -0.2) is 48.3 Å². The van der Waals surface area contributed by atoms with Gasteiger partial charge in [0.25, 0.3) is 0 Å². The van der Waals surface area contributed by atoms with E-state index in [0.717, 1.165) is 93.5 Å². The van der Waals surface area contributed by atoms with Crippen molar-refractivity contribution in [2.24, 2.45) is 11.8 Å². The molecule has 0 radical (unpaired) electrons. The van der Waals surface area contributed by atoms with Gasteiger partial charge in [-0.1, -0.05) is 51.7 Å². The zero-order valence-corrected chi connectivity index (χ0v) is 35.0. The topological polar surface area (TPSA) is 18.5 Å². The Morgan fingerprint density at radius 2 is 0.778 bits per heavy atom. The molecule has 0 aliphatic heterocycles. The molecule has 2 nitrogen and oxygen atoms in total. The van der Waals surface area contributed by atoms with E-state index in [1.54, 1.807) is 6.07 Å². The van der Waals surface area contributed by atoms with Crippen LogP contribution in [0.2, 0.25) is 0 Å². The number of rotatable bonds is 13. The summed E-state index contributed by atoms with van der Waals surface area (Å²) in [5, 5.41) is 0. The van der Waals surface area contributed by atoms with Crippen molar-refractivity contribution in [3.8, 4) is 22.6 Å². The molecular weight excluding hydrogens is 842 g/mol. The number of halogens is 11. The van der Waals surface area contributed by atoms with Crippen molar-refractivity contribution in [1.29, 1.82) is 0 Å². The van der Waals surface area contributed by atoms with Gasteiger partial charge in [-0.15, -0.1) is 0 Å². The van der Waals surface area contributed by atoms with Gasteiger partial charge in [-0.2, -0.15) is 0 Å². The third-order valence-corrected chi connectivity index (χ3v) is 12.2. The van der Waals surface area contributed by atoms with E-state index in [2.05, 4.69) is 13.8 Å². The SMILES string of the molecule is CCCC1CCC(c2cc(F)c(OCc3cc(F)c(F)c(F)c3)c(F)c2)CC1.CCCC1CCC(c2ccc(-c3cc(F)c(OCc4cc(F)c(F)c(F)c4)c(F)c3)c(F)c2)CC1. The zero-order chi connectivity index (χ0) is 45.4. The van der Waals surface area contributed by atoms with Gasteiger partial charge in [-0.3, -0.25) is 0 Å². The molecule has 2 aliphatic rings. The zero-order valence-electron chi connectivity index (χ0n) is 35.0. The summed E-state index contributed by atoms with van der Waals surface area (Å²) in [6.45, 7) is 3.26. The predicted octanol–water partition coefficient (Wildman–Crippen LogP) is 15.9. The van der Waals surface area contributed by atoms with E-state index in [1.165, 1.54) is 43.5 Å². The number of ether oxygens (including phenoxy) is 2. The van der Waals surface area contributed by atoms with E-state index in [0.29, 0.717) is 23.6 Å². The van der Waals surface area contributed by atoms with Gasteiger partial charge in [0.15, 0.2) is 69.7 Å². The number of hydrogen-bond donors (Lipinski definition) is 0. The van der Waals surface area contributed by atoms with Gasteiger partial charge in [0.1, 0.15) is 19.0 Å². The number of hydrogen-bond acceptors (Lipinski definition) is 2. The molecule has 0 unspecified atom stereocenters. The maximum Gasteiger partial charge on any atom is 0.194 e. The fourth-order valence-electron chi connectivity index (χ4n) is 8.90. The highest BCUT2D eigenvalue weighted by Gasteiger charge is 2.26. The first-order valence-electron chi connectivity index (χ1n) is 21.5. The third-order valence-electron chi connectivity index (χ3n) is 12.2. The lowest BCUT2D eigenvalue weighted by Gasteiger charge is -2.28. The molecule has 0 amide bonds. The van der Waals surface area contributed by atoms with E-state index >= 15 is 0 Å². The average molecular weight is 891 g/mol. The molecule has 0 heterocycles. The van der Waals surface area contributed by atoms with Crippen molar-refractivity contribution in [2.45, 2.75) is 116 Å². The van der Waals surface area contributed by atoms with E-state index < -0.39 is 88.7 Å². The lowest BCUT2D eigenvalue weighted by atomic mass is 9.77. The highest BCUT2D eigenvalue weighted by atomic mass is 19.2. The van der Waals surface area contributed by atoms with Crippen molar-refractivity contribution >= 4 is 0 Å². The van der Waals surface area contributed by atoms with Crippen LogP contribution < -0.4 is 9.47 Å². The van der Waals surface area contributed by atoms with E-state index in [1.807, 2.05) is 0 Å². The van der Waals surface area contributed by atoms with Crippen LogP contribution in [0.15, 0.2) is 66.7 Å². The summed E-state index contributed by atoms with van der Waals surface area (Å²) >= 11 is 0. The molecule has 0 aromatic heterocycles. The van der Waals surface area contributed by atoms with Gasteiger partial charge in [-0.05, 0) is 157 Å². The molecule has 63 heavy (non-hydrogen) atoms. The number of benzene rings is 5. The van der Waals surface area contributed by atoms with Gasteiger partial charge < -0.3 is 9.47 Å². The maximum absolute atomic E-state index is 15.0. The largest absolute Gasteiger partial charge is 0.483 e. The van der Waals surface area contributed by atoms with Crippen molar-refractivity contribution in [3.05, 3.63) is 153 Å². The Balaban J connectivity index is 0.000000215. The highest BCUT2D eigenvalue weighted by molar-refractivity contribution is 5.66. The summed E-state index contributed by atoms with van der Waals surface area (Å²) in [6.07, 6.45) is 12.9.